The van der Waals surface area contributed by atoms with E-state index in [1.807, 2.05) is 32.0 Å². The largest absolute Gasteiger partial charge is 0.475 e. The number of hydrogen-bond acceptors (Lipinski definition) is 3. The van der Waals surface area contributed by atoms with Crippen molar-refractivity contribution in [3.63, 3.8) is 0 Å². The van der Waals surface area contributed by atoms with Crippen molar-refractivity contribution in [2.24, 2.45) is 0 Å². The highest BCUT2D eigenvalue weighted by atomic mass is 16.5. The molecule has 0 amide bonds. The Labute approximate surface area is 90.9 Å². The standard InChI is InChI=1S/C12H18N2O/c1-9(2)15-12-5-3-4-11(14-12)8-13-10-6-7-10/h3-5,9-10,13H,6-8H2,1-2H3. The van der Waals surface area contributed by atoms with E-state index in [0.29, 0.717) is 0 Å². The van der Waals surface area contributed by atoms with Crippen LogP contribution in [0.5, 0.6) is 5.88 Å². The minimum atomic E-state index is 0.184. The van der Waals surface area contributed by atoms with Crippen LogP contribution in [0.4, 0.5) is 0 Å². The highest BCUT2D eigenvalue weighted by Gasteiger charge is 2.20. The summed E-state index contributed by atoms with van der Waals surface area (Å²) in [4.78, 5) is 4.43. The summed E-state index contributed by atoms with van der Waals surface area (Å²) in [5.74, 6) is 0.722. The van der Waals surface area contributed by atoms with Crippen LogP contribution in [-0.2, 0) is 6.54 Å². The minimum absolute atomic E-state index is 0.184. The third-order valence-corrected chi connectivity index (χ3v) is 2.29. The van der Waals surface area contributed by atoms with Crippen LogP contribution >= 0.6 is 0 Å². The van der Waals surface area contributed by atoms with E-state index < -0.39 is 0 Å². The number of ether oxygens (including phenoxy) is 1. The smallest absolute Gasteiger partial charge is 0.213 e. The molecule has 0 atom stereocenters. The quantitative estimate of drug-likeness (QED) is 0.801. The van der Waals surface area contributed by atoms with E-state index in [2.05, 4.69) is 10.3 Å². The first-order valence-electron chi connectivity index (χ1n) is 5.60. The molecule has 0 unspecified atom stereocenters. The van der Waals surface area contributed by atoms with E-state index in [9.17, 15) is 0 Å². The molecule has 1 saturated carbocycles. The molecule has 1 heterocycles. The Kier molecular flexibility index (Phi) is 3.21. The molecule has 0 aromatic carbocycles. The predicted molar refractivity (Wildman–Crippen MR) is 59.9 cm³/mol. The topological polar surface area (TPSA) is 34.1 Å². The summed E-state index contributed by atoms with van der Waals surface area (Å²) < 4.78 is 5.54. The third-order valence-electron chi connectivity index (χ3n) is 2.29. The molecule has 1 aromatic heterocycles. The summed E-state index contributed by atoms with van der Waals surface area (Å²) in [5, 5.41) is 3.44. The highest BCUT2D eigenvalue weighted by molar-refractivity contribution is 5.16. The second kappa shape index (κ2) is 4.62. The van der Waals surface area contributed by atoms with E-state index in [1.54, 1.807) is 0 Å². The molecule has 1 N–H and O–H groups in total. The lowest BCUT2D eigenvalue weighted by molar-refractivity contribution is 0.232. The van der Waals surface area contributed by atoms with E-state index in [1.165, 1.54) is 12.8 Å². The van der Waals surface area contributed by atoms with Gasteiger partial charge < -0.3 is 10.1 Å². The Morgan fingerprint density at radius 3 is 2.93 bits per heavy atom. The van der Waals surface area contributed by atoms with Gasteiger partial charge in [0.1, 0.15) is 0 Å². The maximum Gasteiger partial charge on any atom is 0.213 e. The Morgan fingerprint density at radius 2 is 2.27 bits per heavy atom. The first-order chi connectivity index (χ1) is 7.24. The Bertz CT molecular complexity index is 321. The van der Waals surface area contributed by atoms with Crippen LogP contribution < -0.4 is 10.1 Å². The van der Waals surface area contributed by atoms with Gasteiger partial charge in [-0.3, -0.25) is 0 Å². The second-order valence-corrected chi connectivity index (χ2v) is 4.29. The summed E-state index contributed by atoms with van der Waals surface area (Å²) in [6.45, 7) is 4.87. The van der Waals surface area contributed by atoms with Gasteiger partial charge in [-0.2, -0.15) is 0 Å². The zero-order valence-electron chi connectivity index (χ0n) is 9.36. The lowest BCUT2D eigenvalue weighted by Gasteiger charge is -2.09. The van der Waals surface area contributed by atoms with Crippen LogP contribution in [0.2, 0.25) is 0 Å². The fraction of sp³-hybridized carbons (Fsp3) is 0.583. The molecular formula is C12H18N2O. The number of rotatable bonds is 5. The average Bonchev–Trinajstić information content (AvgIpc) is 2.97. The summed E-state index contributed by atoms with van der Waals surface area (Å²) in [5.41, 5.74) is 1.06. The van der Waals surface area contributed by atoms with Gasteiger partial charge in [0.15, 0.2) is 0 Å². The van der Waals surface area contributed by atoms with E-state index in [0.717, 1.165) is 24.2 Å². The van der Waals surface area contributed by atoms with Gasteiger partial charge in [0.05, 0.1) is 11.8 Å². The van der Waals surface area contributed by atoms with Gasteiger partial charge in [-0.25, -0.2) is 4.98 Å². The van der Waals surface area contributed by atoms with Gasteiger partial charge in [0.2, 0.25) is 5.88 Å². The minimum Gasteiger partial charge on any atom is -0.475 e. The molecule has 0 aliphatic heterocycles. The van der Waals surface area contributed by atoms with Gasteiger partial charge in [0.25, 0.3) is 0 Å². The predicted octanol–water partition coefficient (Wildman–Crippen LogP) is 2.12. The summed E-state index contributed by atoms with van der Waals surface area (Å²) in [6, 6.07) is 6.65. The number of nitrogens with one attached hydrogen (secondary N) is 1. The Hall–Kier alpha value is -1.09. The van der Waals surface area contributed by atoms with Crippen molar-refractivity contribution in [2.45, 2.75) is 45.4 Å². The maximum absolute atomic E-state index is 5.54. The van der Waals surface area contributed by atoms with Crippen molar-refractivity contribution in [2.75, 3.05) is 0 Å². The Balaban J connectivity index is 1.91. The molecule has 15 heavy (non-hydrogen) atoms. The molecule has 0 bridgehead atoms. The SMILES string of the molecule is CC(C)Oc1cccc(CNC2CC2)n1. The van der Waals surface area contributed by atoms with Crippen molar-refractivity contribution in [3.05, 3.63) is 23.9 Å². The van der Waals surface area contributed by atoms with Gasteiger partial charge in [-0.15, -0.1) is 0 Å². The highest BCUT2D eigenvalue weighted by Crippen LogP contribution is 2.19. The number of pyridine rings is 1. The number of aromatic nitrogens is 1. The molecule has 3 heteroatoms. The van der Waals surface area contributed by atoms with Crippen molar-refractivity contribution < 1.29 is 4.74 Å². The summed E-state index contributed by atoms with van der Waals surface area (Å²) in [6.07, 6.45) is 2.80. The lowest BCUT2D eigenvalue weighted by atomic mass is 10.3. The first kappa shape index (κ1) is 10.4. The van der Waals surface area contributed by atoms with Gasteiger partial charge in [0, 0.05) is 18.7 Å². The van der Waals surface area contributed by atoms with E-state index >= 15 is 0 Å². The zero-order valence-corrected chi connectivity index (χ0v) is 9.36. The fourth-order valence-corrected chi connectivity index (χ4v) is 1.40. The maximum atomic E-state index is 5.54. The molecule has 1 aliphatic rings. The van der Waals surface area contributed by atoms with Crippen molar-refractivity contribution in [1.82, 2.24) is 10.3 Å². The summed E-state index contributed by atoms with van der Waals surface area (Å²) in [7, 11) is 0. The van der Waals surface area contributed by atoms with Crippen LogP contribution in [0.3, 0.4) is 0 Å². The normalized spacial score (nSPS) is 15.7. The third kappa shape index (κ3) is 3.51. The lowest BCUT2D eigenvalue weighted by Crippen LogP contribution is -2.16. The monoisotopic (exact) mass is 206 g/mol. The number of nitrogens with zero attached hydrogens (tertiary/aromatic N) is 1. The van der Waals surface area contributed by atoms with Gasteiger partial charge in [-0.05, 0) is 32.8 Å². The molecule has 1 aliphatic carbocycles. The van der Waals surface area contributed by atoms with Crippen molar-refractivity contribution >= 4 is 0 Å². The van der Waals surface area contributed by atoms with Crippen molar-refractivity contribution in [1.29, 1.82) is 0 Å². The molecule has 82 valence electrons. The van der Waals surface area contributed by atoms with Crippen LogP contribution in [0.25, 0.3) is 0 Å². The Morgan fingerprint density at radius 1 is 1.47 bits per heavy atom. The molecule has 1 fully saturated rings. The summed E-state index contributed by atoms with van der Waals surface area (Å²) >= 11 is 0. The van der Waals surface area contributed by atoms with Crippen LogP contribution in [-0.4, -0.2) is 17.1 Å². The first-order valence-corrected chi connectivity index (χ1v) is 5.60. The fourth-order valence-electron chi connectivity index (χ4n) is 1.40. The van der Waals surface area contributed by atoms with E-state index in [-0.39, 0.29) is 6.10 Å². The van der Waals surface area contributed by atoms with Gasteiger partial charge >= 0.3 is 0 Å². The van der Waals surface area contributed by atoms with Crippen LogP contribution in [0, 0.1) is 0 Å². The molecule has 1 aromatic rings. The molecule has 2 rings (SSSR count). The molecule has 3 nitrogen and oxygen atoms in total. The zero-order chi connectivity index (χ0) is 10.7. The molecule has 0 spiro atoms. The van der Waals surface area contributed by atoms with Crippen LogP contribution in [0.1, 0.15) is 32.4 Å². The number of hydrogen-bond donors (Lipinski definition) is 1. The average molecular weight is 206 g/mol. The van der Waals surface area contributed by atoms with Gasteiger partial charge in [-0.1, -0.05) is 6.07 Å². The van der Waals surface area contributed by atoms with E-state index in [4.69, 9.17) is 4.74 Å². The molecular weight excluding hydrogens is 188 g/mol. The second-order valence-electron chi connectivity index (χ2n) is 4.29. The van der Waals surface area contributed by atoms with Crippen molar-refractivity contribution in [3.8, 4) is 5.88 Å². The van der Waals surface area contributed by atoms with Crippen LogP contribution in [0.15, 0.2) is 18.2 Å². The molecule has 0 saturated heterocycles. The molecule has 0 radical (unpaired) electrons.